The molecule has 0 radical (unpaired) electrons. The van der Waals surface area contributed by atoms with E-state index in [1.807, 2.05) is 18.8 Å². The summed E-state index contributed by atoms with van der Waals surface area (Å²) < 4.78 is 6.28. The Balaban J connectivity index is 1.68. The van der Waals surface area contributed by atoms with Crippen LogP contribution in [0.25, 0.3) is 0 Å². The number of likely N-dealkylation sites (tertiary alicyclic amines) is 1. The lowest BCUT2D eigenvalue weighted by Gasteiger charge is -2.33. The number of benzene rings is 1. The summed E-state index contributed by atoms with van der Waals surface area (Å²) in [5, 5.41) is 7.51. The second kappa shape index (κ2) is 11.8. The molecule has 1 aromatic rings. The molecule has 26 heavy (non-hydrogen) atoms. The third-order valence-electron chi connectivity index (χ3n) is 4.47. The number of hydrogen-bond acceptors (Lipinski definition) is 4. The maximum atomic E-state index is 5.17. The van der Waals surface area contributed by atoms with Crippen LogP contribution in [0.1, 0.15) is 19.8 Å². The molecule has 0 aliphatic carbocycles. The molecule has 1 aliphatic heterocycles. The Bertz CT molecular complexity index is 547. The number of nitrogens with one attached hydrogen (secondary N) is 2. The molecule has 2 N–H and O–H groups in total. The quantitative estimate of drug-likeness (QED) is 0.367. The van der Waals surface area contributed by atoms with E-state index in [9.17, 15) is 0 Å². The van der Waals surface area contributed by atoms with Gasteiger partial charge in [-0.05, 0) is 37.1 Å². The predicted octanol–water partition coefficient (Wildman–Crippen LogP) is 3.21. The molecule has 1 fully saturated rings. The average Bonchev–Trinajstić information content (AvgIpc) is 2.66. The smallest absolute Gasteiger partial charge is 0.191 e. The number of guanidine groups is 1. The van der Waals surface area contributed by atoms with Gasteiger partial charge in [0.15, 0.2) is 5.96 Å². The zero-order chi connectivity index (χ0) is 18.8. The Hall–Kier alpha value is -0.760. The molecular formula is C19H31BrN4OS. The Morgan fingerprint density at radius 1 is 1.35 bits per heavy atom. The first-order valence-corrected chi connectivity index (χ1v) is 10.9. The van der Waals surface area contributed by atoms with E-state index in [0.717, 1.165) is 56.1 Å². The van der Waals surface area contributed by atoms with Crippen LogP contribution in [0.4, 0.5) is 0 Å². The summed E-state index contributed by atoms with van der Waals surface area (Å²) in [5.41, 5.74) is 0. The normalized spacial score (nSPS) is 17.9. The van der Waals surface area contributed by atoms with Crippen LogP contribution in [0.15, 0.2) is 38.6 Å². The molecule has 0 aromatic heterocycles. The molecule has 1 heterocycles. The summed E-state index contributed by atoms with van der Waals surface area (Å²) in [6.45, 7) is 7.20. The van der Waals surface area contributed by atoms with E-state index in [1.165, 1.54) is 4.90 Å². The van der Waals surface area contributed by atoms with Gasteiger partial charge in [0.1, 0.15) is 0 Å². The molecule has 1 aliphatic rings. The van der Waals surface area contributed by atoms with Crippen LogP contribution in [0.3, 0.4) is 0 Å². The number of rotatable bonds is 8. The van der Waals surface area contributed by atoms with Crippen LogP contribution in [-0.4, -0.2) is 69.1 Å². The van der Waals surface area contributed by atoms with Crippen molar-refractivity contribution in [1.82, 2.24) is 15.5 Å². The summed E-state index contributed by atoms with van der Waals surface area (Å²) in [6, 6.07) is 8.96. The molecule has 146 valence electrons. The highest BCUT2D eigenvalue weighted by atomic mass is 79.9. The fourth-order valence-corrected chi connectivity index (χ4v) is 4.13. The van der Waals surface area contributed by atoms with E-state index in [0.29, 0.717) is 11.3 Å². The molecule has 0 bridgehead atoms. The number of ether oxygens (including phenoxy) is 1. The van der Waals surface area contributed by atoms with Crippen molar-refractivity contribution in [2.45, 2.75) is 36.0 Å². The standard InChI is InChI=1S/C19H31BrN4OS/c1-15(26-18-6-4-16(20)5-7-18)14-22-19(21-2)23-17-8-10-24(11-9-17)12-13-25-3/h4-7,15,17H,8-14H2,1-3H3,(H2,21,22,23). The highest BCUT2D eigenvalue weighted by Gasteiger charge is 2.19. The Kier molecular flexibility index (Phi) is 9.82. The fourth-order valence-electron chi connectivity index (χ4n) is 2.94. The van der Waals surface area contributed by atoms with Gasteiger partial charge in [-0.25, -0.2) is 0 Å². The topological polar surface area (TPSA) is 48.9 Å². The second-order valence-corrected chi connectivity index (χ2v) is 9.02. The molecule has 7 heteroatoms. The van der Waals surface area contributed by atoms with Crippen molar-refractivity contribution < 1.29 is 4.74 Å². The van der Waals surface area contributed by atoms with Gasteiger partial charge in [0.25, 0.3) is 0 Å². The van der Waals surface area contributed by atoms with Crippen LogP contribution in [0.5, 0.6) is 0 Å². The first kappa shape index (κ1) is 21.5. The molecule has 2 rings (SSSR count). The molecule has 1 unspecified atom stereocenters. The van der Waals surface area contributed by atoms with Gasteiger partial charge in [-0.15, -0.1) is 11.8 Å². The van der Waals surface area contributed by atoms with Gasteiger partial charge in [0, 0.05) is 61.0 Å². The molecule has 0 saturated carbocycles. The van der Waals surface area contributed by atoms with Gasteiger partial charge in [0.05, 0.1) is 6.61 Å². The van der Waals surface area contributed by atoms with Gasteiger partial charge in [-0.2, -0.15) is 0 Å². The second-order valence-electron chi connectivity index (χ2n) is 6.59. The summed E-state index contributed by atoms with van der Waals surface area (Å²) >= 11 is 5.35. The zero-order valence-corrected chi connectivity index (χ0v) is 18.4. The summed E-state index contributed by atoms with van der Waals surface area (Å²) in [7, 11) is 3.61. The van der Waals surface area contributed by atoms with Crippen molar-refractivity contribution >= 4 is 33.7 Å². The highest BCUT2D eigenvalue weighted by molar-refractivity contribution is 9.10. The zero-order valence-electron chi connectivity index (χ0n) is 16.0. The van der Waals surface area contributed by atoms with Gasteiger partial charge in [-0.1, -0.05) is 22.9 Å². The maximum absolute atomic E-state index is 5.17. The third kappa shape index (κ3) is 7.86. The van der Waals surface area contributed by atoms with E-state index < -0.39 is 0 Å². The lowest BCUT2D eigenvalue weighted by molar-refractivity contribution is 0.128. The molecule has 1 atom stereocenters. The fraction of sp³-hybridized carbons (Fsp3) is 0.632. The van der Waals surface area contributed by atoms with E-state index in [4.69, 9.17) is 4.74 Å². The summed E-state index contributed by atoms with van der Waals surface area (Å²) in [5.74, 6) is 0.906. The number of piperidine rings is 1. The number of halogens is 1. The van der Waals surface area contributed by atoms with Crippen molar-refractivity contribution in [3.8, 4) is 0 Å². The number of nitrogens with zero attached hydrogens (tertiary/aromatic N) is 2. The van der Waals surface area contributed by atoms with Gasteiger partial charge in [-0.3, -0.25) is 4.99 Å². The van der Waals surface area contributed by atoms with E-state index in [1.54, 1.807) is 7.11 Å². The minimum atomic E-state index is 0.464. The molecule has 1 saturated heterocycles. The van der Waals surface area contributed by atoms with Gasteiger partial charge in [0.2, 0.25) is 0 Å². The minimum Gasteiger partial charge on any atom is -0.383 e. The van der Waals surface area contributed by atoms with Crippen LogP contribution in [0, 0.1) is 0 Å². The molecule has 1 aromatic carbocycles. The van der Waals surface area contributed by atoms with Crippen LogP contribution < -0.4 is 10.6 Å². The number of aliphatic imine (C=N–C) groups is 1. The SMILES string of the molecule is CN=C(NCC(C)Sc1ccc(Br)cc1)NC1CCN(CCOC)CC1. The van der Waals surface area contributed by atoms with E-state index in [-0.39, 0.29) is 0 Å². The Morgan fingerprint density at radius 2 is 2.04 bits per heavy atom. The van der Waals surface area contributed by atoms with Crippen molar-refractivity contribution in [2.24, 2.45) is 4.99 Å². The first-order valence-electron chi connectivity index (χ1n) is 9.21. The number of methoxy groups -OCH3 is 1. The van der Waals surface area contributed by atoms with E-state index in [2.05, 4.69) is 67.6 Å². The van der Waals surface area contributed by atoms with Crippen LogP contribution in [0.2, 0.25) is 0 Å². The number of hydrogen-bond donors (Lipinski definition) is 2. The summed E-state index contributed by atoms with van der Waals surface area (Å²) in [4.78, 5) is 8.14. The molecular weight excluding hydrogens is 412 g/mol. The monoisotopic (exact) mass is 442 g/mol. The van der Waals surface area contributed by atoms with Crippen molar-refractivity contribution in [2.75, 3.05) is 46.9 Å². The van der Waals surface area contributed by atoms with Gasteiger partial charge < -0.3 is 20.3 Å². The maximum Gasteiger partial charge on any atom is 0.191 e. The molecule has 0 spiro atoms. The minimum absolute atomic E-state index is 0.464. The Labute approximate surface area is 170 Å². The first-order chi connectivity index (χ1) is 12.6. The predicted molar refractivity (Wildman–Crippen MR) is 115 cm³/mol. The third-order valence-corrected chi connectivity index (χ3v) is 6.11. The molecule has 0 amide bonds. The largest absolute Gasteiger partial charge is 0.383 e. The van der Waals surface area contributed by atoms with Crippen LogP contribution >= 0.6 is 27.7 Å². The lowest BCUT2D eigenvalue weighted by atomic mass is 10.1. The number of thioether (sulfide) groups is 1. The summed E-state index contributed by atoms with van der Waals surface area (Å²) in [6.07, 6.45) is 2.29. The average molecular weight is 443 g/mol. The molecule has 5 nitrogen and oxygen atoms in total. The van der Waals surface area contributed by atoms with Crippen LogP contribution in [-0.2, 0) is 4.74 Å². The van der Waals surface area contributed by atoms with Crippen molar-refractivity contribution in [1.29, 1.82) is 0 Å². The highest BCUT2D eigenvalue weighted by Crippen LogP contribution is 2.24. The van der Waals surface area contributed by atoms with Gasteiger partial charge >= 0.3 is 0 Å². The van der Waals surface area contributed by atoms with Crippen molar-refractivity contribution in [3.63, 3.8) is 0 Å². The van der Waals surface area contributed by atoms with E-state index >= 15 is 0 Å². The lowest BCUT2D eigenvalue weighted by Crippen LogP contribution is -2.49. The van der Waals surface area contributed by atoms with Crippen molar-refractivity contribution in [3.05, 3.63) is 28.7 Å². The Morgan fingerprint density at radius 3 is 2.65 bits per heavy atom.